The normalized spacial score (nSPS) is 17.0. The summed E-state index contributed by atoms with van der Waals surface area (Å²) in [5.41, 5.74) is 2.16. The lowest BCUT2D eigenvalue weighted by atomic mass is 10.0. The number of hydrogen-bond acceptors (Lipinski definition) is 5. The van der Waals surface area contributed by atoms with Gasteiger partial charge in [0.1, 0.15) is 17.2 Å². The van der Waals surface area contributed by atoms with E-state index in [9.17, 15) is 4.79 Å². The van der Waals surface area contributed by atoms with Crippen LogP contribution in [0.3, 0.4) is 0 Å². The summed E-state index contributed by atoms with van der Waals surface area (Å²) in [6.07, 6.45) is 0.285. The van der Waals surface area contributed by atoms with Crippen LogP contribution in [0.2, 0.25) is 0 Å². The van der Waals surface area contributed by atoms with Gasteiger partial charge in [0.05, 0.1) is 6.54 Å². The van der Waals surface area contributed by atoms with Gasteiger partial charge in [-0.05, 0) is 12.5 Å². The first-order valence-corrected chi connectivity index (χ1v) is 7.09. The van der Waals surface area contributed by atoms with Gasteiger partial charge in [-0.3, -0.25) is 4.79 Å². The van der Waals surface area contributed by atoms with E-state index in [1.165, 1.54) is 0 Å². The molecule has 2 heterocycles. The van der Waals surface area contributed by atoms with Crippen molar-refractivity contribution in [1.29, 1.82) is 0 Å². The second-order valence-electron chi connectivity index (χ2n) is 5.34. The van der Waals surface area contributed by atoms with Gasteiger partial charge in [-0.1, -0.05) is 40.6 Å². The molecule has 0 N–H and O–H groups in total. The second-order valence-corrected chi connectivity index (χ2v) is 5.34. The molecule has 1 unspecified atom stereocenters. The number of hydrogen-bond donors (Lipinski definition) is 0. The molecule has 1 aliphatic rings. The maximum atomic E-state index is 12.4. The van der Waals surface area contributed by atoms with E-state index in [4.69, 9.17) is 9.36 Å². The zero-order valence-electron chi connectivity index (χ0n) is 12.5. The molecule has 1 amide bonds. The molecule has 0 aliphatic carbocycles. The third-order valence-corrected chi connectivity index (χ3v) is 3.51. The number of oxime groups is 1. The van der Waals surface area contributed by atoms with E-state index in [0.717, 1.165) is 11.3 Å². The standard InChI is InChI=1S/C16H17N3O3/c1-11-8-13(17-21-11)10-19(2)16(20)14-9-15(22-18-14)12-6-4-3-5-7-12/h3-8,15H,9-10H2,1-2H3. The summed E-state index contributed by atoms with van der Waals surface area (Å²) < 4.78 is 5.00. The average molecular weight is 299 g/mol. The number of carbonyl (C=O) groups excluding carboxylic acids is 1. The maximum Gasteiger partial charge on any atom is 0.271 e. The fourth-order valence-electron chi connectivity index (χ4n) is 2.38. The Hall–Kier alpha value is -2.63. The molecule has 22 heavy (non-hydrogen) atoms. The van der Waals surface area contributed by atoms with Crippen LogP contribution >= 0.6 is 0 Å². The number of aromatic nitrogens is 1. The first-order chi connectivity index (χ1) is 10.6. The van der Waals surface area contributed by atoms with Crippen LogP contribution in [0.25, 0.3) is 0 Å². The van der Waals surface area contributed by atoms with Crippen LogP contribution in [-0.2, 0) is 16.2 Å². The van der Waals surface area contributed by atoms with E-state index in [0.29, 0.717) is 24.4 Å². The summed E-state index contributed by atoms with van der Waals surface area (Å²) >= 11 is 0. The molecule has 0 saturated carbocycles. The van der Waals surface area contributed by atoms with Gasteiger partial charge in [-0.2, -0.15) is 0 Å². The zero-order valence-corrected chi connectivity index (χ0v) is 12.5. The molecule has 1 atom stereocenters. The lowest BCUT2D eigenvalue weighted by Gasteiger charge is -2.14. The van der Waals surface area contributed by atoms with Crippen LogP contribution in [0.5, 0.6) is 0 Å². The van der Waals surface area contributed by atoms with E-state index >= 15 is 0 Å². The second kappa shape index (κ2) is 6.01. The Balaban J connectivity index is 1.61. The minimum Gasteiger partial charge on any atom is -0.387 e. The Morgan fingerprint density at radius 2 is 2.14 bits per heavy atom. The Morgan fingerprint density at radius 3 is 2.82 bits per heavy atom. The number of aryl methyl sites for hydroxylation is 1. The highest BCUT2D eigenvalue weighted by molar-refractivity contribution is 6.38. The van der Waals surface area contributed by atoms with Crippen LogP contribution < -0.4 is 0 Å². The smallest absolute Gasteiger partial charge is 0.271 e. The fraction of sp³-hybridized carbons (Fsp3) is 0.312. The van der Waals surface area contributed by atoms with E-state index in [1.807, 2.05) is 43.3 Å². The summed E-state index contributed by atoms with van der Waals surface area (Å²) in [6.45, 7) is 2.20. The van der Waals surface area contributed by atoms with Crippen molar-refractivity contribution in [3.05, 3.63) is 53.4 Å². The van der Waals surface area contributed by atoms with Gasteiger partial charge in [-0.25, -0.2) is 0 Å². The van der Waals surface area contributed by atoms with Crippen molar-refractivity contribution < 1.29 is 14.2 Å². The van der Waals surface area contributed by atoms with Gasteiger partial charge in [0.2, 0.25) is 0 Å². The quantitative estimate of drug-likeness (QED) is 0.869. The molecule has 0 fully saturated rings. The molecule has 0 spiro atoms. The number of nitrogens with zero attached hydrogens (tertiary/aromatic N) is 3. The minimum absolute atomic E-state index is 0.154. The van der Waals surface area contributed by atoms with Gasteiger partial charge >= 0.3 is 0 Å². The molecular formula is C16H17N3O3. The van der Waals surface area contributed by atoms with E-state index in [-0.39, 0.29) is 12.0 Å². The molecule has 0 bridgehead atoms. The van der Waals surface area contributed by atoms with Crippen molar-refractivity contribution in [3.63, 3.8) is 0 Å². The first kappa shape index (κ1) is 14.3. The Kier molecular flexibility index (Phi) is 3.91. The number of carbonyl (C=O) groups is 1. The van der Waals surface area contributed by atoms with E-state index in [1.54, 1.807) is 11.9 Å². The molecule has 1 aromatic heterocycles. The summed E-state index contributed by atoms with van der Waals surface area (Å²) in [5, 5.41) is 7.83. The molecule has 114 valence electrons. The van der Waals surface area contributed by atoms with Crippen LogP contribution in [0.1, 0.15) is 29.5 Å². The topological polar surface area (TPSA) is 67.9 Å². The van der Waals surface area contributed by atoms with Crippen molar-refractivity contribution in [2.45, 2.75) is 26.0 Å². The van der Waals surface area contributed by atoms with Gasteiger partial charge in [0.25, 0.3) is 5.91 Å². The van der Waals surface area contributed by atoms with Gasteiger partial charge in [-0.15, -0.1) is 0 Å². The summed E-state index contributed by atoms with van der Waals surface area (Å²) in [4.78, 5) is 19.3. The van der Waals surface area contributed by atoms with Gasteiger partial charge < -0.3 is 14.3 Å². The highest BCUT2D eigenvalue weighted by atomic mass is 16.6. The highest BCUT2D eigenvalue weighted by Crippen LogP contribution is 2.27. The van der Waals surface area contributed by atoms with Crippen molar-refractivity contribution in [2.75, 3.05) is 7.05 Å². The summed E-state index contributed by atoms with van der Waals surface area (Å²) in [7, 11) is 1.71. The molecule has 3 rings (SSSR count). The molecule has 1 aromatic carbocycles. The molecule has 6 nitrogen and oxygen atoms in total. The SMILES string of the molecule is Cc1cc(CN(C)C(=O)C2=NOC(c3ccccc3)C2)no1. The molecule has 2 aromatic rings. The molecule has 0 saturated heterocycles. The number of amides is 1. The molecule has 1 aliphatic heterocycles. The largest absolute Gasteiger partial charge is 0.387 e. The number of rotatable bonds is 4. The first-order valence-electron chi connectivity index (χ1n) is 7.09. The lowest BCUT2D eigenvalue weighted by molar-refractivity contribution is -0.123. The Bertz CT molecular complexity index is 694. The molecule has 6 heteroatoms. The predicted molar refractivity (Wildman–Crippen MR) is 80.0 cm³/mol. The molecule has 0 radical (unpaired) electrons. The minimum atomic E-state index is -0.192. The summed E-state index contributed by atoms with van der Waals surface area (Å²) in [5.74, 6) is 0.570. The van der Waals surface area contributed by atoms with E-state index < -0.39 is 0 Å². The Morgan fingerprint density at radius 1 is 1.36 bits per heavy atom. The summed E-state index contributed by atoms with van der Waals surface area (Å²) in [6, 6.07) is 11.6. The van der Waals surface area contributed by atoms with Crippen molar-refractivity contribution in [3.8, 4) is 0 Å². The predicted octanol–water partition coefficient (Wildman–Crippen LogP) is 2.46. The van der Waals surface area contributed by atoms with Crippen LogP contribution in [-0.4, -0.2) is 28.7 Å². The van der Waals surface area contributed by atoms with Crippen LogP contribution in [0.15, 0.2) is 46.1 Å². The fourth-order valence-corrected chi connectivity index (χ4v) is 2.38. The monoisotopic (exact) mass is 299 g/mol. The number of benzene rings is 1. The Labute approximate surface area is 128 Å². The van der Waals surface area contributed by atoms with Gasteiger partial charge in [0, 0.05) is 19.5 Å². The van der Waals surface area contributed by atoms with E-state index in [2.05, 4.69) is 10.3 Å². The zero-order chi connectivity index (χ0) is 15.5. The highest BCUT2D eigenvalue weighted by Gasteiger charge is 2.29. The van der Waals surface area contributed by atoms with Crippen molar-refractivity contribution in [1.82, 2.24) is 10.1 Å². The van der Waals surface area contributed by atoms with Gasteiger partial charge in [0.15, 0.2) is 6.10 Å². The lowest BCUT2D eigenvalue weighted by Crippen LogP contribution is -2.32. The van der Waals surface area contributed by atoms with Crippen molar-refractivity contribution in [2.24, 2.45) is 5.16 Å². The van der Waals surface area contributed by atoms with Crippen molar-refractivity contribution >= 4 is 11.6 Å². The maximum absolute atomic E-state index is 12.4. The average Bonchev–Trinajstić information content (AvgIpc) is 3.17. The third-order valence-electron chi connectivity index (χ3n) is 3.51. The van der Waals surface area contributed by atoms with Crippen LogP contribution in [0, 0.1) is 6.92 Å². The van der Waals surface area contributed by atoms with Crippen LogP contribution in [0.4, 0.5) is 0 Å². The third kappa shape index (κ3) is 3.00. The molecular weight excluding hydrogens is 282 g/mol.